The molecule has 2 aromatic rings. The van der Waals surface area contributed by atoms with Gasteiger partial charge in [-0.05, 0) is 13.8 Å². The van der Waals surface area contributed by atoms with Crippen LogP contribution in [-0.4, -0.2) is 52.3 Å². The van der Waals surface area contributed by atoms with Gasteiger partial charge in [-0.15, -0.1) is 11.3 Å². The Balaban J connectivity index is 2.43. The highest BCUT2D eigenvalue weighted by atomic mass is 32.1. The van der Waals surface area contributed by atoms with Gasteiger partial charge in [0.15, 0.2) is 0 Å². The summed E-state index contributed by atoms with van der Waals surface area (Å²) < 4.78 is 24.4. The third kappa shape index (κ3) is 3.43. The van der Waals surface area contributed by atoms with Gasteiger partial charge in [0.05, 0.1) is 28.7 Å². The summed E-state index contributed by atoms with van der Waals surface area (Å²) in [5.74, 6) is -1.41. The van der Waals surface area contributed by atoms with Gasteiger partial charge in [-0.3, -0.25) is 4.79 Å². The zero-order valence-corrected chi connectivity index (χ0v) is 13.8. The molecule has 0 amide bonds. The van der Waals surface area contributed by atoms with E-state index in [0.717, 1.165) is 0 Å². The minimum Gasteiger partial charge on any atom is -0.394 e. The van der Waals surface area contributed by atoms with Crippen LogP contribution in [0.25, 0.3) is 10.9 Å². The standard InChI is InChI=1S/C14H19FN2O5S/c1-7(15)11(19)9(4-18)22-14(2,21-3)12-10-8(5-23-12)13(20)17-6-16-10/h5-7,9,11,18-19H,4H2,1-3H3,(H,16,17,20)/t7-,9-,11+,14-/m1/s1. The molecule has 9 heteroatoms. The van der Waals surface area contributed by atoms with Gasteiger partial charge in [0.25, 0.3) is 5.56 Å². The van der Waals surface area contributed by atoms with Crippen molar-refractivity contribution in [1.82, 2.24) is 9.97 Å². The van der Waals surface area contributed by atoms with Crippen molar-refractivity contribution >= 4 is 22.2 Å². The van der Waals surface area contributed by atoms with Crippen LogP contribution >= 0.6 is 11.3 Å². The van der Waals surface area contributed by atoms with E-state index in [4.69, 9.17) is 9.47 Å². The van der Waals surface area contributed by atoms with Crippen molar-refractivity contribution in [3.8, 4) is 0 Å². The number of alkyl halides is 1. The van der Waals surface area contributed by atoms with Crippen molar-refractivity contribution in [2.24, 2.45) is 0 Å². The summed E-state index contributed by atoms with van der Waals surface area (Å²) in [7, 11) is 1.37. The Hall–Kier alpha value is -1.39. The highest BCUT2D eigenvalue weighted by Gasteiger charge is 2.38. The third-order valence-corrected chi connectivity index (χ3v) is 4.76. The molecule has 2 heterocycles. The molecule has 0 aliphatic rings. The molecule has 23 heavy (non-hydrogen) atoms. The lowest BCUT2D eigenvalue weighted by molar-refractivity contribution is -0.266. The number of halogens is 1. The molecule has 0 saturated carbocycles. The molecular formula is C14H19FN2O5S. The van der Waals surface area contributed by atoms with Crippen LogP contribution in [0.3, 0.4) is 0 Å². The Bertz CT molecular complexity index is 719. The van der Waals surface area contributed by atoms with Gasteiger partial charge in [-0.1, -0.05) is 0 Å². The van der Waals surface area contributed by atoms with Crippen LogP contribution in [0.15, 0.2) is 16.5 Å². The number of methoxy groups -OCH3 is 1. The Morgan fingerprint density at radius 1 is 1.57 bits per heavy atom. The van der Waals surface area contributed by atoms with Crippen LogP contribution in [0.4, 0.5) is 4.39 Å². The summed E-state index contributed by atoms with van der Waals surface area (Å²) in [6, 6.07) is 0. The van der Waals surface area contributed by atoms with E-state index in [0.29, 0.717) is 15.8 Å². The molecule has 0 radical (unpaired) electrons. The van der Waals surface area contributed by atoms with Crippen LogP contribution in [0, 0.1) is 0 Å². The molecule has 0 aromatic carbocycles. The number of nitrogens with zero attached hydrogens (tertiary/aromatic N) is 1. The van der Waals surface area contributed by atoms with Gasteiger partial charge >= 0.3 is 0 Å². The number of aliphatic hydroxyl groups is 2. The number of hydrogen-bond acceptors (Lipinski definition) is 7. The number of aromatic amines is 1. The lowest BCUT2D eigenvalue weighted by atomic mass is 10.1. The average Bonchev–Trinajstić information content (AvgIpc) is 2.97. The van der Waals surface area contributed by atoms with Gasteiger partial charge in [-0.25, -0.2) is 9.37 Å². The number of thiophene rings is 1. The fourth-order valence-electron chi connectivity index (χ4n) is 2.19. The maximum Gasteiger partial charge on any atom is 0.259 e. The third-order valence-electron chi connectivity index (χ3n) is 3.61. The molecule has 0 fully saturated rings. The van der Waals surface area contributed by atoms with E-state index in [9.17, 15) is 19.4 Å². The Kier molecular flexibility index (Phi) is 5.48. The first kappa shape index (κ1) is 18.0. The van der Waals surface area contributed by atoms with Crippen LogP contribution in [0.2, 0.25) is 0 Å². The highest BCUT2D eigenvalue weighted by molar-refractivity contribution is 7.11. The molecule has 0 bridgehead atoms. The molecular weight excluding hydrogens is 327 g/mol. The zero-order valence-electron chi connectivity index (χ0n) is 12.9. The second kappa shape index (κ2) is 7.02. The predicted octanol–water partition coefficient (Wildman–Crippen LogP) is 0.900. The second-order valence-electron chi connectivity index (χ2n) is 5.22. The number of nitrogens with one attached hydrogen (secondary N) is 1. The Morgan fingerprint density at radius 3 is 2.83 bits per heavy atom. The van der Waals surface area contributed by atoms with Crippen LogP contribution in [0.5, 0.6) is 0 Å². The molecule has 3 N–H and O–H groups in total. The maximum atomic E-state index is 13.3. The topological polar surface area (TPSA) is 105 Å². The minimum atomic E-state index is -1.59. The fraction of sp³-hybridized carbons (Fsp3) is 0.571. The number of rotatable bonds is 7. The van der Waals surface area contributed by atoms with Crippen LogP contribution in [-0.2, 0) is 15.3 Å². The smallest absolute Gasteiger partial charge is 0.259 e. The Labute approximate surface area is 135 Å². The molecule has 0 saturated heterocycles. The monoisotopic (exact) mass is 346 g/mol. The number of H-pyrrole nitrogens is 1. The summed E-state index contributed by atoms with van der Waals surface area (Å²) in [5, 5.41) is 21.2. The lowest BCUT2D eigenvalue weighted by Crippen LogP contribution is -2.44. The van der Waals surface area contributed by atoms with Gasteiger partial charge in [0.1, 0.15) is 18.4 Å². The minimum absolute atomic E-state index is 0.299. The first-order chi connectivity index (χ1) is 10.8. The molecule has 0 unspecified atom stereocenters. The normalized spacial score (nSPS) is 18.5. The van der Waals surface area contributed by atoms with E-state index in [1.54, 1.807) is 12.3 Å². The number of fused-ring (bicyclic) bond motifs is 1. The molecule has 128 valence electrons. The average molecular weight is 346 g/mol. The quantitative estimate of drug-likeness (QED) is 0.644. The van der Waals surface area contributed by atoms with Crippen LogP contribution < -0.4 is 5.56 Å². The number of ether oxygens (including phenoxy) is 2. The van der Waals surface area contributed by atoms with E-state index in [1.807, 2.05) is 0 Å². The first-order valence-corrected chi connectivity index (χ1v) is 7.83. The van der Waals surface area contributed by atoms with Crippen molar-refractivity contribution < 1.29 is 24.1 Å². The molecule has 0 aliphatic carbocycles. The largest absolute Gasteiger partial charge is 0.394 e. The second-order valence-corrected chi connectivity index (χ2v) is 6.10. The lowest BCUT2D eigenvalue weighted by Gasteiger charge is -2.33. The SMILES string of the molecule is CO[C@](C)(O[C@H](CO)[C@@H](O)[C@@H](C)F)c1scc2c(=O)[nH]cnc12. The summed E-state index contributed by atoms with van der Waals surface area (Å²) in [6.45, 7) is 2.13. The van der Waals surface area contributed by atoms with Crippen molar-refractivity contribution in [2.45, 2.75) is 38.0 Å². The van der Waals surface area contributed by atoms with E-state index in [2.05, 4.69) is 9.97 Å². The van der Waals surface area contributed by atoms with Crippen molar-refractivity contribution in [2.75, 3.05) is 13.7 Å². The summed E-state index contributed by atoms with van der Waals surface area (Å²) in [4.78, 5) is 18.9. The van der Waals surface area contributed by atoms with Gasteiger partial charge in [-0.2, -0.15) is 0 Å². The molecule has 7 nitrogen and oxygen atoms in total. The van der Waals surface area contributed by atoms with Crippen LogP contribution in [0.1, 0.15) is 18.7 Å². The molecule has 2 rings (SSSR count). The Morgan fingerprint density at radius 2 is 2.26 bits per heavy atom. The predicted molar refractivity (Wildman–Crippen MR) is 83.1 cm³/mol. The molecule has 0 aliphatic heterocycles. The van der Waals surface area contributed by atoms with Crippen molar-refractivity contribution in [3.63, 3.8) is 0 Å². The summed E-state index contributed by atoms with van der Waals surface area (Å²) >= 11 is 1.19. The van der Waals surface area contributed by atoms with E-state index in [-0.39, 0.29) is 5.56 Å². The van der Waals surface area contributed by atoms with Gasteiger partial charge < -0.3 is 24.7 Å². The highest BCUT2D eigenvalue weighted by Crippen LogP contribution is 2.36. The number of aliphatic hydroxyl groups excluding tert-OH is 2. The summed E-state index contributed by atoms with van der Waals surface area (Å²) in [6.07, 6.45) is -3.04. The van der Waals surface area contributed by atoms with E-state index in [1.165, 1.54) is 31.7 Å². The number of hydrogen-bond donors (Lipinski definition) is 3. The van der Waals surface area contributed by atoms with E-state index < -0.39 is 30.8 Å². The van der Waals surface area contributed by atoms with Gasteiger partial charge in [0, 0.05) is 12.5 Å². The molecule has 0 spiro atoms. The summed E-state index contributed by atoms with van der Waals surface area (Å²) in [5.41, 5.74) is 0.0923. The van der Waals surface area contributed by atoms with Crippen molar-refractivity contribution in [3.05, 3.63) is 26.9 Å². The fourth-order valence-corrected chi connectivity index (χ4v) is 3.26. The maximum absolute atomic E-state index is 13.3. The van der Waals surface area contributed by atoms with E-state index >= 15 is 0 Å². The first-order valence-electron chi connectivity index (χ1n) is 6.95. The molecule has 2 aromatic heterocycles. The number of aromatic nitrogens is 2. The zero-order chi connectivity index (χ0) is 17.2. The molecule has 4 atom stereocenters. The van der Waals surface area contributed by atoms with Crippen molar-refractivity contribution in [1.29, 1.82) is 0 Å². The van der Waals surface area contributed by atoms with Gasteiger partial charge in [0.2, 0.25) is 5.79 Å².